The summed E-state index contributed by atoms with van der Waals surface area (Å²) in [6.07, 6.45) is -0.564. The van der Waals surface area contributed by atoms with Crippen molar-refractivity contribution >= 4 is 23.6 Å². The van der Waals surface area contributed by atoms with Gasteiger partial charge in [0.2, 0.25) is 0 Å². The number of hydrogen-bond donors (Lipinski definition) is 3. The van der Waals surface area contributed by atoms with Crippen molar-refractivity contribution in [3.63, 3.8) is 0 Å². The number of ether oxygens (including phenoxy) is 1. The van der Waals surface area contributed by atoms with Crippen LogP contribution in [-0.2, 0) is 4.74 Å². The second-order valence-corrected chi connectivity index (χ2v) is 5.65. The van der Waals surface area contributed by atoms with Gasteiger partial charge in [0.1, 0.15) is 0 Å². The number of benzene rings is 2. The zero-order chi connectivity index (χ0) is 19.1. The average molecular weight is 355 g/mol. The Hall–Kier alpha value is -3.35. The Kier molecular flexibility index (Phi) is 6.32. The number of anilines is 1. The number of carbonyl (C=O) groups excluding carboxylic acids is 3. The topological polar surface area (TPSA) is 96.5 Å². The zero-order valence-corrected chi connectivity index (χ0v) is 14.9. The molecule has 7 nitrogen and oxygen atoms in total. The van der Waals surface area contributed by atoms with Gasteiger partial charge in [-0.3, -0.25) is 25.8 Å². The molecule has 0 saturated carbocycles. The van der Waals surface area contributed by atoms with Crippen molar-refractivity contribution in [3.05, 3.63) is 64.7 Å². The molecule has 0 aromatic heterocycles. The maximum Gasteiger partial charge on any atom is 0.411 e. The molecule has 0 heterocycles. The lowest BCUT2D eigenvalue weighted by atomic mass is 10.1. The minimum atomic E-state index is -0.564. The van der Waals surface area contributed by atoms with Crippen LogP contribution in [0.5, 0.6) is 0 Å². The van der Waals surface area contributed by atoms with E-state index in [1.54, 1.807) is 25.1 Å². The van der Waals surface area contributed by atoms with Gasteiger partial charge in [0.15, 0.2) is 0 Å². The summed E-state index contributed by atoms with van der Waals surface area (Å²) in [4.78, 5) is 35.6. The quantitative estimate of drug-likeness (QED) is 0.735. The van der Waals surface area contributed by atoms with E-state index in [4.69, 9.17) is 4.74 Å². The van der Waals surface area contributed by atoms with Crippen LogP contribution in [0.25, 0.3) is 0 Å². The number of aryl methyl sites for hydroxylation is 2. The Bertz CT molecular complexity index is 816. The molecule has 2 aromatic carbocycles. The molecular formula is C19H21N3O4. The van der Waals surface area contributed by atoms with Crippen molar-refractivity contribution in [2.45, 2.75) is 20.8 Å². The molecule has 0 spiro atoms. The third-order valence-corrected chi connectivity index (χ3v) is 3.59. The van der Waals surface area contributed by atoms with E-state index in [1.165, 1.54) is 12.1 Å². The zero-order valence-electron chi connectivity index (χ0n) is 14.9. The molecule has 2 rings (SSSR count). The van der Waals surface area contributed by atoms with Crippen LogP contribution in [0, 0.1) is 13.8 Å². The lowest BCUT2D eigenvalue weighted by Crippen LogP contribution is -2.41. The molecule has 26 heavy (non-hydrogen) atoms. The number of rotatable bonds is 4. The Labute approximate surface area is 151 Å². The molecular weight excluding hydrogens is 334 g/mol. The molecule has 0 fully saturated rings. The lowest BCUT2D eigenvalue weighted by Gasteiger charge is -2.10. The first-order chi connectivity index (χ1) is 12.4. The highest BCUT2D eigenvalue weighted by molar-refractivity contribution is 6.00. The fraction of sp³-hybridized carbons (Fsp3) is 0.211. The summed E-state index contributed by atoms with van der Waals surface area (Å²) < 4.78 is 4.77. The molecule has 0 atom stereocenters. The summed E-state index contributed by atoms with van der Waals surface area (Å²) in [6.45, 7) is 5.75. The summed E-state index contributed by atoms with van der Waals surface area (Å²) in [6, 6.07) is 11.6. The van der Waals surface area contributed by atoms with Crippen LogP contribution in [0.15, 0.2) is 42.5 Å². The first-order valence-corrected chi connectivity index (χ1v) is 8.12. The maximum absolute atomic E-state index is 12.2. The van der Waals surface area contributed by atoms with E-state index in [2.05, 4.69) is 16.2 Å². The second-order valence-electron chi connectivity index (χ2n) is 5.65. The first kappa shape index (κ1) is 19.0. The molecule has 7 heteroatoms. The van der Waals surface area contributed by atoms with Crippen LogP contribution < -0.4 is 16.2 Å². The van der Waals surface area contributed by atoms with Crippen molar-refractivity contribution in [2.24, 2.45) is 0 Å². The van der Waals surface area contributed by atoms with Gasteiger partial charge < -0.3 is 4.74 Å². The normalized spacial score (nSPS) is 9.96. The molecule has 0 saturated heterocycles. The fourth-order valence-electron chi connectivity index (χ4n) is 2.31. The Morgan fingerprint density at radius 3 is 2.19 bits per heavy atom. The largest absolute Gasteiger partial charge is 0.450 e. The number of amides is 3. The highest BCUT2D eigenvalue weighted by atomic mass is 16.5. The van der Waals surface area contributed by atoms with Crippen LogP contribution in [-0.4, -0.2) is 24.5 Å². The molecule has 0 radical (unpaired) electrons. The summed E-state index contributed by atoms with van der Waals surface area (Å²) in [5.74, 6) is -0.859. The van der Waals surface area contributed by atoms with Gasteiger partial charge in [-0.25, -0.2) is 4.79 Å². The Morgan fingerprint density at radius 2 is 1.58 bits per heavy atom. The van der Waals surface area contributed by atoms with Crippen LogP contribution in [0.1, 0.15) is 38.8 Å². The van der Waals surface area contributed by atoms with E-state index in [0.29, 0.717) is 16.8 Å². The summed E-state index contributed by atoms with van der Waals surface area (Å²) in [7, 11) is 0. The molecule has 0 aliphatic carbocycles. The van der Waals surface area contributed by atoms with Crippen molar-refractivity contribution < 1.29 is 19.1 Å². The van der Waals surface area contributed by atoms with Crippen molar-refractivity contribution in [2.75, 3.05) is 11.9 Å². The predicted molar refractivity (Wildman–Crippen MR) is 97.9 cm³/mol. The molecule has 2 aromatic rings. The van der Waals surface area contributed by atoms with Crippen molar-refractivity contribution in [3.8, 4) is 0 Å². The molecule has 0 unspecified atom stereocenters. The molecule has 0 aliphatic heterocycles. The smallest absolute Gasteiger partial charge is 0.411 e. The molecule has 136 valence electrons. The lowest BCUT2D eigenvalue weighted by molar-refractivity contribution is 0.0846. The second kappa shape index (κ2) is 8.66. The van der Waals surface area contributed by atoms with E-state index in [9.17, 15) is 14.4 Å². The van der Waals surface area contributed by atoms with E-state index in [-0.39, 0.29) is 6.61 Å². The van der Waals surface area contributed by atoms with E-state index >= 15 is 0 Å². The Morgan fingerprint density at radius 1 is 0.923 bits per heavy atom. The van der Waals surface area contributed by atoms with Gasteiger partial charge in [-0.05, 0) is 56.7 Å². The molecule has 3 N–H and O–H groups in total. The van der Waals surface area contributed by atoms with Gasteiger partial charge in [0.05, 0.1) is 6.61 Å². The summed E-state index contributed by atoms with van der Waals surface area (Å²) in [5, 5.41) is 2.53. The third kappa shape index (κ3) is 5.07. The summed E-state index contributed by atoms with van der Waals surface area (Å²) >= 11 is 0. The average Bonchev–Trinajstić information content (AvgIpc) is 2.60. The van der Waals surface area contributed by atoms with E-state index in [1.807, 2.05) is 26.0 Å². The van der Waals surface area contributed by atoms with Gasteiger partial charge in [-0.2, -0.15) is 0 Å². The highest BCUT2D eigenvalue weighted by Crippen LogP contribution is 2.11. The van der Waals surface area contributed by atoms with Gasteiger partial charge in [-0.1, -0.05) is 17.7 Å². The van der Waals surface area contributed by atoms with Gasteiger partial charge in [0, 0.05) is 16.8 Å². The number of hydrazine groups is 1. The standard InChI is InChI=1S/C19H21N3O4/c1-4-26-19(25)20-15-8-6-14(7-9-15)17(23)21-22-18(24)16-10-5-12(2)11-13(16)3/h5-11H,4H2,1-3H3,(H,20,25)(H,21,23)(H,22,24). The highest BCUT2D eigenvalue weighted by Gasteiger charge is 2.11. The minimum absolute atomic E-state index is 0.270. The van der Waals surface area contributed by atoms with Crippen LogP contribution in [0.2, 0.25) is 0 Å². The van der Waals surface area contributed by atoms with Gasteiger partial charge in [0.25, 0.3) is 11.8 Å². The summed E-state index contributed by atoms with van der Waals surface area (Å²) in [5.41, 5.74) is 7.97. The molecule has 3 amide bonds. The van der Waals surface area contributed by atoms with Crippen LogP contribution >= 0.6 is 0 Å². The number of nitrogens with one attached hydrogen (secondary N) is 3. The predicted octanol–water partition coefficient (Wildman–Crippen LogP) is 2.95. The molecule has 0 aliphatic rings. The maximum atomic E-state index is 12.2. The number of hydrogen-bond acceptors (Lipinski definition) is 4. The number of carbonyl (C=O) groups is 3. The van der Waals surface area contributed by atoms with Gasteiger partial charge >= 0.3 is 6.09 Å². The fourth-order valence-corrected chi connectivity index (χ4v) is 2.31. The van der Waals surface area contributed by atoms with Crippen LogP contribution in [0.3, 0.4) is 0 Å². The van der Waals surface area contributed by atoms with E-state index < -0.39 is 17.9 Å². The first-order valence-electron chi connectivity index (χ1n) is 8.12. The molecule has 0 bridgehead atoms. The Balaban J connectivity index is 1.93. The van der Waals surface area contributed by atoms with Crippen LogP contribution in [0.4, 0.5) is 10.5 Å². The van der Waals surface area contributed by atoms with Crippen molar-refractivity contribution in [1.29, 1.82) is 0 Å². The SMILES string of the molecule is CCOC(=O)Nc1ccc(C(=O)NNC(=O)c2ccc(C)cc2C)cc1. The van der Waals surface area contributed by atoms with E-state index in [0.717, 1.165) is 11.1 Å². The minimum Gasteiger partial charge on any atom is -0.450 e. The van der Waals surface area contributed by atoms with Crippen molar-refractivity contribution in [1.82, 2.24) is 10.9 Å². The monoisotopic (exact) mass is 355 g/mol. The van der Waals surface area contributed by atoms with Gasteiger partial charge in [-0.15, -0.1) is 0 Å². The third-order valence-electron chi connectivity index (χ3n) is 3.59.